The molecule has 2 heterocycles. The summed E-state index contributed by atoms with van der Waals surface area (Å²) in [6.45, 7) is 7.93. The standard InChI is InChI=1S/C12H19NO3/c1-2-11(14)13-5-8-16-10-12(9-13)3-6-15-7-4-12/h2H,1,3-10H2. The SMILES string of the molecule is C=CC(=O)N1CCOCC2(CCOCC2)C1. The Bertz CT molecular complexity index is 271. The van der Waals surface area contributed by atoms with Crippen molar-refractivity contribution < 1.29 is 14.3 Å². The summed E-state index contributed by atoms with van der Waals surface area (Å²) in [4.78, 5) is 13.5. The van der Waals surface area contributed by atoms with Crippen LogP contribution in [0.2, 0.25) is 0 Å². The van der Waals surface area contributed by atoms with Crippen molar-refractivity contribution in [3.8, 4) is 0 Å². The molecule has 4 heteroatoms. The fraction of sp³-hybridized carbons (Fsp3) is 0.750. The third-order valence-corrected chi connectivity index (χ3v) is 3.48. The molecule has 2 rings (SSSR count). The van der Waals surface area contributed by atoms with Crippen LogP contribution < -0.4 is 0 Å². The van der Waals surface area contributed by atoms with Gasteiger partial charge in [-0.2, -0.15) is 0 Å². The Kier molecular flexibility index (Phi) is 3.61. The molecular weight excluding hydrogens is 206 g/mol. The molecule has 16 heavy (non-hydrogen) atoms. The van der Waals surface area contributed by atoms with Gasteiger partial charge in [0.2, 0.25) is 5.91 Å². The van der Waals surface area contributed by atoms with Crippen LogP contribution in [-0.2, 0) is 14.3 Å². The third kappa shape index (κ3) is 2.44. The Morgan fingerprint density at radius 1 is 1.25 bits per heavy atom. The highest BCUT2D eigenvalue weighted by molar-refractivity contribution is 5.87. The predicted octanol–water partition coefficient (Wildman–Crippen LogP) is 0.828. The molecule has 1 spiro atoms. The van der Waals surface area contributed by atoms with Crippen molar-refractivity contribution in [1.82, 2.24) is 4.90 Å². The van der Waals surface area contributed by atoms with Crippen molar-refractivity contribution in [2.75, 3.05) is 39.5 Å². The number of carbonyl (C=O) groups is 1. The van der Waals surface area contributed by atoms with Gasteiger partial charge in [0.1, 0.15) is 0 Å². The molecule has 0 aliphatic carbocycles. The molecule has 2 saturated heterocycles. The number of rotatable bonds is 1. The molecule has 0 aromatic carbocycles. The van der Waals surface area contributed by atoms with Crippen molar-refractivity contribution in [3.05, 3.63) is 12.7 Å². The molecule has 0 N–H and O–H groups in total. The van der Waals surface area contributed by atoms with Crippen LogP contribution in [0.4, 0.5) is 0 Å². The second-order valence-corrected chi connectivity index (χ2v) is 4.63. The first-order valence-electron chi connectivity index (χ1n) is 5.83. The van der Waals surface area contributed by atoms with Crippen LogP contribution in [0, 0.1) is 5.41 Å². The van der Waals surface area contributed by atoms with Gasteiger partial charge >= 0.3 is 0 Å². The summed E-state index contributed by atoms with van der Waals surface area (Å²) in [6.07, 6.45) is 3.35. The smallest absolute Gasteiger partial charge is 0.246 e. The minimum atomic E-state index is 0.0105. The van der Waals surface area contributed by atoms with E-state index in [4.69, 9.17) is 9.47 Å². The fourth-order valence-electron chi connectivity index (χ4n) is 2.42. The van der Waals surface area contributed by atoms with E-state index in [1.165, 1.54) is 6.08 Å². The van der Waals surface area contributed by atoms with E-state index in [-0.39, 0.29) is 11.3 Å². The Labute approximate surface area is 96.2 Å². The van der Waals surface area contributed by atoms with E-state index >= 15 is 0 Å². The first kappa shape index (κ1) is 11.6. The molecule has 0 aromatic heterocycles. The molecule has 1 amide bonds. The summed E-state index contributed by atoms with van der Waals surface area (Å²) >= 11 is 0. The molecule has 0 aromatic rings. The van der Waals surface area contributed by atoms with Crippen molar-refractivity contribution in [3.63, 3.8) is 0 Å². The number of nitrogens with zero attached hydrogens (tertiary/aromatic N) is 1. The van der Waals surface area contributed by atoms with E-state index in [9.17, 15) is 4.79 Å². The van der Waals surface area contributed by atoms with Crippen LogP contribution in [0.3, 0.4) is 0 Å². The summed E-state index contributed by atoms with van der Waals surface area (Å²) in [7, 11) is 0. The number of carbonyl (C=O) groups excluding carboxylic acids is 1. The maximum Gasteiger partial charge on any atom is 0.246 e. The molecular formula is C12H19NO3. The summed E-state index contributed by atoms with van der Waals surface area (Å²) in [5.74, 6) is 0.0105. The quantitative estimate of drug-likeness (QED) is 0.620. The van der Waals surface area contributed by atoms with Gasteiger partial charge in [-0.05, 0) is 18.9 Å². The van der Waals surface area contributed by atoms with Crippen LogP contribution in [0.5, 0.6) is 0 Å². The Balaban J connectivity index is 2.07. The first-order chi connectivity index (χ1) is 7.76. The van der Waals surface area contributed by atoms with Crippen LogP contribution >= 0.6 is 0 Å². The van der Waals surface area contributed by atoms with Crippen molar-refractivity contribution in [2.24, 2.45) is 5.41 Å². The minimum Gasteiger partial charge on any atom is -0.381 e. The normalized spacial score (nSPS) is 25.1. The van der Waals surface area contributed by atoms with Crippen molar-refractivity contribution >= 4 is 5.91 Å². The summed E-state index contributed by atoms with van der Waals surface area (Å²) in [5, 5.41) is 0. The second-order valence-electron chi connectivity index (χ2n) is 4.63. The summed E-state index contributed by atoms with van der Waals surface area (Å²) in [6, 6.07) is 0. The Hall–Kier alpha value is -0.870. The molecule has 2 fully saturated rings. The van der Waals surface area contributed by atoms with Crippen molar-refractivity contribution in [1.29, 1.82) is 0 Å². The average molecular weight is 225 g/mol. The molecule has 0 unspecified atom stereocenters. The monoisotopic (exact) mass is 225 g/mol. The lowest BCUT2D eigenvalue weighted by Crippen LogP contribution is -2.44. The van der Waals surface area contributed by atoms with E-state index in [2.05, 4.69) is 6.58 Å². The lowest BCUT2D eigenvalue weighted by molar-refractivity contribution is -0.128. The van der Waals surface area contributed by atoms with E-state index < -0.39 is 0 Å². The highest BCUT2D eigenvalue weighted by atomic mass is 16.5. The van der Waals surface area contributed by atoms with Gasteiger partial charge in [0, 0.05) is 31.7 Å². The van der Waals surface area contributed by atoms with Crippen LogP contribution in [0.25, 0.3) is 0 Å². The zero-order valence-electron chi connectivity index (χ0n) is 9.61. The minimum absolute atomic E-state index is 0.0105. The molecule has 90 valence electrons. The molecule has 4 nitrogen and oxygen atoms in total. The maximum absolute atomic E-state index is 11.7. The Morgan fingerprint density at radius 3 is 2.69 bits per heavy atom. The summed E-state index contributed by atoms with van der Waals surface area (Å²) in [5.41, 5.74) is 0.105. The lowest BCUT2D eigenvalue weighted by Gasteiger charge is -2.38. The Morgan fingerprint density at radius 2 is 2.00 bits per heavy atom. The lowest BCUT2D eigenvalue weighted by atomic mass is 9.80. The van der Waals surface area contributed by atoms with E-state index in [1.807, 2.05) is 4.90 Å². The zero-order chi connectivity index (χ0) is 11.4. The van der Waals surface area contributed by atoms with Gasteiger partial charge in [-0.1, -0.05) is 6.58 Å². The maximum atomic E-state index is 11.7. The van der Waals surface area contributed by atoms with Gasteiger partial charge < -0.3 is 14.4 Å². The van der Waals surface area contributed by atoms with Gasteiger partial charge in [0.05, 0.1) is 13.2 Å². The zero-order valence-corrected chi connectivity index (χ0v) is 9.61. The molecule has 0 bridgehead atoms. The van der Waals surface area contributed by atoms with Gasteiger partial charge in [0.15, 0.2) is 0 Å². The van der Waals surface area contributed by atoms with Crippen LogP contribution in [0.1, 0.15) is 12.8 Å². The van der Waals surface area contributed by atoms with Gasteiger partial charge in [0.25, 0.3) is 0 Å². The highest BCUT2D eigenvalue weighted by Gasteiger charge is 2.37. The van der Waals surface area contributed by atoms with E-state index in [0.717, 1.165) is 39.2 Å². The first-order valence-corrected chi connectivity index (χ1v) is 5.83. The van der Waals surface area contributed by atoms with Crippen LogP contribution in [-0.4, -0.2) is 50.3 Å². The van der Waals surface area contributed by atoms with Crippen LogP contribution in [0.15, 0.2) is 12.7 Å². The third-order valence-electron chi connectivity index (χ3n) is 3.48. The number of amides is 1. The molecule has 0 radical (unpaired) electrons. The molecule has 2 aliphatic rings. The van der Waals surface area contributed by atoms with Gasteiger partial charge in [-0.15, -0.1) is 0 Å². The average Bonchev–Trinajstić information content (AvgIpc) is 2.52. The largest absolute Gasteiger partial charge is 0.381 e. The van der Waals surface area contributed by atoms with E-state index in [1.54, 1.807) is 0 Å². The molecule has 2 aliphatic heterocycles. The number of hydrogen-bond donors (Lipinski definition) is 0. The van der Waals surface area contributed by atoms with Gasteiger partial charge in [-0.3, -0.25) is 4.79 Å². The fourth-order valence-corrected chi connectivity index (χ4v) is 2.42. The molecule has 0 atom stereocenters. The topological polar surface area (TPSA) is 38.8 Å². The van der Waals surface area contributed by atoms with Crippen molar-refractivity contribution in [2.45, 2.75) is 12.8 Å². The van der Waals surface area contributed by atoms with Gasteiger partial charge in [-0.25, -0.2) is 0 Å². The summed E-state index contributed by atoms with van der Waals surface area (Å²) < 4.78 is 11.0. The second kappa shape index (κ2) is 4.97. The highest BCUT2D eigenvalue weighted by Crippen LogP contribution is 2.33. The van der Waals surface area contributed by atoms with E-state index in [0.29, 0.717) is 13.2 Å². The number of hydrogen-bond acceptors (Lipinski definition) is 3. The molecule has 0 saturated carbocycles. The number of ether oxygens (including phenoxy) is 2. The predicted molar refractivity (Wildman–Crippen MR) is 60.1 cm³/mol.